The van der Waals surface area contributed by atoms with Crippen LogP contribution in [0.25, 0.3) is 10.2 Å². The van der Waals surface area contributed by atoms with Crippen molar-refractivity contribution in [3.8, 4) is 0 Å². The summed E-state index contributed by atoms with van der Waals surface area (Å²) in [5.41, 5.74) is 3.21. The lowest BCUT2D eigenvalue weighted by Gasteiger charge is -2.13. The Kier molecular flexibility index (Phi) is 5.07. The number of thiophene rings is 1. The monoisotopic (exact) mass is 380 g/mol. The van der Waals surface area contributed by atoms with Crippen molar-refractivity contribution in [3.63, 3.8) is 0 Å². The topological polar surface area (TPSA) is 66.9 Å². The molecule has 1 aliphatic rings. The van der Waals surface area contributed by atoms with E-state index >= 15 is 0 Å². The number of hydrogen-bond acceptors (Lipinski definition) is 5. The highest BCUT2D eigenvalue weighted by molar-refractivity contribution is 7.19. The third-order valence-electron chi connectivity index (χ3n) is 4.91. The summed E-state index contributed by atoms with van der Waals surface area (Å²) in [7, 11) is 0. The SMILES string of the molecule is Cc1cccc(C(=O)NCCNc2nc(C)nc3sc4c(c23)CCCC4)c1. The van der Waals surface area contributed by atoms with Crippen LogP contribution in [-0.4, -0.2) is 29.0 Å². The van der Waals surface area contributed by atoms with Gasteiger partial charge < -0.3 is 10.6 Å². The number of amides is 1. The van der Waals surface area contributed by atoms with Crippen molar-refractivity contribution in [2.45, 2.75) is 39.5 Å². The number of aryl methyl sites for hydroxylation is 4. The van der Waals surface area contributed by atoms with Gasteiger partial charge in [0.2, 0.25) is 0 Å². The van der Waals surface area contributed by atoms with E-state index < -0.39 is 0 Å². The molecule has 0 saturated carbocycles. The quantitative estimate of drug-likeness (QED) is 0.656. The molecule has 1 aliphatic carbocycles. The lowest BCUT2D eigenvalue weighted by molar-refractivity contribution is 0.0955. The molecule has 6 heteroatoms. The molecule has 0 spiro atoms. The Bertz CT molecular complexity index is 995. The van der Waals surface area contributed by atoms with Gasteiger partial charge in [0.1, 0.15) is 16.5 Å². The van der Waals surface area contributed by atoms with E-state index in [0.29, 0.717) is 18.7 Å². The summed E-state index contributed by atoms with van der Waals surface area (Å²) in [6.07, 6.45) is 4.76. The standard InChI is InChI=1S/C21H24N4OS/c1-13-6-5-7-15(12-13)20(26)23-11-10-22-19-18-16-8-3-4-9-17(16)27-21(18)25-14(2)24-19/h5-7,12H,3-4,8-11H2,1-2H3,(H,23,26)(H,22,24,25). The fraction of sp³-hybridized carbons (Fsp3) is 0.381. The minimum absolute atomic E-state index is 0.0440. The number of nitrogens with one attached hydrogen (secondary N) is 2. The zero-order chi connectivity index (χ0) is 18.8. The van der Waals surface area contributed by atoms with Gasteiger partial charge in [-0.25, -0.2) is 9.97 Å². The molecule has 3 aromatic rings. The van der Waals surface area contributed by atoms with Crippen molar-refractivity contribution < 1.29 is 4.79 Å². The van der Waals surface area contributed by atoms with E-state index in [4.69, 9.17) is 0 Å². The molecule has 5 nitrogen and oxygen atoms in total. The molecule has 4 rings (SSSR count). The van der Waals surface area contributed by atoms with Gasteiger partial charge in [-0.1, -0.05) is 17.7 Å². The Labute approximate surface area is 163 Å². The number of fused-ring (bicyclic) bond motifs is 3. The van der Waals surface area contributed by atoms with E-state index in [1.54, 1.807) is 0 Å². The highest BCUT2D eigenvalue weighted by atomic mass is 32.1. The second-order valence-corrected chi connectivity index (χ2v) is 8.15. The fourth-order valence-electron chi connectivity index (χ4n) is 3.64. The summed E-state index contributed by atoms with van der Waals surface area (Å²) in [5, 5.41) is 7.58. The molecule has 140 valence electrons. The van der Waals surface area contributed by atoms with Crippen molar-refractivity contribution in [1.29, 1.82) is 0 Å². The Balaban J connectivity index is 1.44. The third kappa shape index (κ3) is 3.81. The number of carbonyl (C=O) groups excluding carboxylic acids is 1. The van der Waals surface area contributed by atoms with Crippen LogP contribution in [0.15, 0.2) is 24.3 Å². The van der Waals surface area contributed by atoms with Crippen LogP contribution >= 0.6 is 11.3 Å². The first-order chi connectivity index (χ1) is 13.1. The number of aromatic nitrogens is 2. The summed E-state index contributed by atoms with van der Waals surface area (Å²) < 4.78 is 0. The number of anilines is 1. The molecule has 2 aromatic heterocycles. The second-order valence-electron chi connectivity index (χ2n) is 7.06. The van der Waals surface area contributed by atoms with Crippen LogP contribution < -0.4 is 10.6 Å². The van der Waals surface area contributed by atoms with Gasteiger partial charge in [0.05, 0.1) is 5.39 Å². The average Bonchev–Trinajstić information content (AvgIpc) is 3.03. The minimum Gasteiger partial charge on any atom is -0.368 e. The van der Waals surface area contributed by atoms with E-state index in [0.717, 1.165) is 34.9 Å². The second kappa shape index (κ2) is 7.64. The maximum atomic E-state index is 12.3. The summed E-state index contributed by atoms with van der Waals surface area (Å²) in [4.78, 5) is 24.1. The fourth-order valence-corrected chi connectivity index (χ4v) is 4.94. The van der Waals surface area contributed by atoms with Crippen molar-refractivity contribution in [1.82, 2.24) is 15.3 Å². The van der Waals surface area contributed by atoms with Crippen LogP contribution in [0.2, 0.25) is 0 Å². The van der Waals surface area contributed by atoms with Gasteiger partial charge in [0.15, 0.2) is 0 Å². The van der Waals surface area contributed by atoms with E-state index in [2.05, 4.69) is 20.6 Å². The molecular weight excluding hydrogens is 356 g/mol. The van der Waals surface area contributed by atoms with Gasteiger partial charge in [0.25, 0.3) is 5.91 Å². The maximum absolute atomic E-state index is 12.3. The highest BCUT2D eigenvalue weighted by Gasteiger charge is 2.20. The third-order valence-corrected chi connectivity index (χ3v) is 6.10. The van der Waals surface area contributed by atoms with Crippen molar-refractivity contribution in [3.05, 3.63) is 51.7 Å². The van der Waals surface area contributed by atoms with Gasteiger partial charge in [-0.3, -0.25) is 4.79 Å². The smallest absolute Gasteiger partial charge is 0.251 e. The molecule has 1 aromatic carbocycles. The van der Waals surface area contributed by atoms with Crippen LogP contribution in [0.4, 0.5) is 5.82 Å². The summed E-state index contributed by atoms with van der Waals surface area (Å²) >= 11 is 1.81. The van der Waals surface area contributed by atoms with Gasteiger partial charge >= 0.3 is 0 Å². The Morgan fingerprint density at radius 1 is 1.15 bits per heavy atom. The minimum atomic E-state index is -0.0440. The van der Waals surface area contributed by atoms with Crippen LogP contribution in [0.5, 0.6) is 0 Å². The van der Waals surface area contributed by atoms with E-state index in [9.17, 15) is 4.79 Å². The first kappa shape index (κ1) is 17.9. The predicted molar refractivity (Wildman–Crippen MR) is 111 cm³/mol. The zero-order valence-corrected chi connectivity index (χ0v) is 16.6. The molecule has 0 unspecified atom stereocenters. The van der Waals surface area contributed by atoms with Crippen LogP contribution in [0, 0.1) is 13.8 Å². The average molecular weight is 381 g/mol. The number of hydrogen-bond donors (Lipinski definition) is 2. The van der Waals surface area contributed by atoms with Crippen molar-refractivity contribution in [2.75, 3.05) is 18.4 Å². The molecule has 2 heterocycles. The molecule has 2 N–H and O–H groups in total. The Hall–Kier alpha value is -2.47. The lowest BCUT2D eigenvalue weighted by atomic mass is 9.97. The number of rotatable bonds is 5. The Morgan fingerprint density at radius 3 is 2.85 bits per heavy atom. The molecule has 0 saturated heterocycles. The van der Waals surface area contributed by atoms with E-state index in [1.807, 2.05) is 49.4 Å². The van der Waals surface area contributed by atoms with Crippen LogP contribution in [0.1, 0.15) is 45.0 Å². The van der Waals surface area contributed by atoms with Gasteiger partial charge in [-0.05, 0) is 57.2 Å². The van der Waals surface area contributed by atoms with Crippen LogP contribution in [-0.2, 0) is 12.8 Å². The maximum Gasteiger partial charge on any atom is 0.251 e. The van der Waals surface area contributed by atoms with Crippen molar-refractivity contribution in [2.24, 2.45) is 0 Å². The molecule has 0 atom stereocenters. The summed E-state index contributed by atoms with van der Waals surface area (Å²) in [6, 6.07) is 7.63. The van der Waals surface area contributed by atoms with Gasteiger partial charge in [-0.2, -0.15) is 0 Å². The molecule has 0 radical (unpaired) electrons. The zero-order valence-electron chi connectivity index (χ0n) is 15.8. The summed E-state index contributed by atoms with van der Waals surface area (Å²) in [5.74, 6) is 1.64. The number of benzene rings is 1. The van der Waals surface area contributed by atoms with Gasteiger partial charge in [-0.15, -0.1) is 11.3 Å². The molecule has 0 aliphatic heterocycles. The number of nitrogens with zero attached hydrogens (tertiary/aromatic N) is 2. The first-order valence-electron chi connectivity index (χ1n) is 9.49. The predicted octanol–water partition coefficient (Wildman–Crippen LogP) is 4.03. The van der Waals surface area contributed by atoms with E-state index in [1.165, 1.54) is 28.7 Å². The molecule has 27 heavy (non-hydrogen) atoms. The normalized spacial score (nSPS) is 13.4. The van der Waals surface area contributed by atoms with E-state index in [-0.39, 0.29) is 5.91 Å². The highest BCUT2D eigenvalue weighted by Crippen LogP contribution is 2.38. The Morgan fingerprint density at radius 2 is 2.00 bits per heavy atom. The molecule has 1 amide bonds. The summed E-state index contributed by atoms with van der Waals surface area (Å²) in [6.45, 7) is 5.10. The van der Waals surface area contributed by atoms with Crippen molar-refractivity contribution >= 4 is 33.3 Å². The van der Waals surface area contributed by atoms with Crippen LogP contribution in [0.3, 0.4) is 0 Å². The van der Waals surface area contributed by atoms with Gasteiger partial charge in [0, 0.05) is 23.5 Å². The largest absolute Gasteiger partial charge is 0.368 e. The molecule has 0 fully saturated rings. The first-order valence-corrected chi connectivity index (χ1v) is 10.3. The molecular formula is C21H24N4OS. The lowest BCUT2D eigenvalue weighted by Crippen LogP contribution is -2.29. The number of carbonyl (C=O) groups is 1. The molecule has 0 bridgehead atoms.